The molecule has 8 nitrogen and oxygen atoms in total. The molecule has 1 aliphatic rings. The fraction of sp³-hybridized carbons (Fsp3) is 0.400. The molecule has 1 saturated heterocycles. The molecule has 2 amide bonds. The Hall–Kier alpha value is -2.65. The topological polar surface area (TPSA) is 99.9 Å². The summed E-state index contributed by atoms with van der Waals surface area (Å²) < 4.78 is 30.6. The summed E-state index contributed by atoms with van der Waals surface area (Å²) in [5.74, 6) is -0.283. The highest BCUT2D eigenvalue weighted by Gasteiger charge is 2.36. The Morgan fingerprint density at radius 2 is 2.00 bits per heavy atom. The quantitative estimate of drug-likeness (QED) is 0.704. The molecular formula is C20H25N3O5S. The number of sulfonamides is 1. The van der Waals surface area contributed by atoms with Crippen LogP contribution in [0.3, 0.4) is 0 Å². The van der Waals surface area contributed by atoms with E-state index < -0.39 is 15.9 Å². The molecule has 0 radical (unpaired) electrons. The molecule has 1 unspecified atom stereocenters. The Morgan fingerprint density at radius 3 is 2.59 bits per heavy atom. The summed E-state index contributed by atoms with van der Waals surface area (Å²) in [4.78, 5) is 26.9. The van der Waals surface area contributed by atoms with Crippen molar-refractivity contribution in [3.63, 3.8) is 0 Å². The maximum atomic E-state index is 12.7. The molecule has 2 aromatic rings. The lowest BCUT2D eigenvalue weighted by Gasteiger charge is -2.28. The maximum Gasteiger partial charge on any atom is 0.251 e. The van der Waals surface area contributed by atoms with Crippen molar-refractivity contribution in [1.82, 2.24) is 10.2 Å². The van der Waals surface area contributed by atoms with E-state index in [9.17, 15) is 18.0 Å². The Kier molecular flexibility index (Phi) is 6.39. The van der Waals surface area contributed by atoms with Crippen LogP contribution >= 0.6 is 0 Å². The van der Waals surface area contributed by atoms with Gasteiger partial charge in [0.15, 0.2) is 0 Å². The number of carbonyl (C=O) groups excluding carboxylic acids is 2. The lowest BCUT2D eigenvalue weighted by Crippen LogP contribution is -2.38. The van der Waals surface area contributed by atoms with Gasteiger partial charge in [-0.2, -0.15) is 0 Å². The van der Waals surface area contributed by atoms with Gasteiger partial charge < -0.3 is 9.73 Å². The summed E-state index contributed by atoms with van der Waals surface area (Å²) in [6, 6.07) is 9.66. The third-order valence-electron chi connectivity index (χ3n) is 5.00. The Balaban J connectivity index is 1.76. The highest BCUT2D eigenvalue weighted by atomic mass is 32.2. The van der Waals surface area contributed by atoms with Crippen LogP contribution in [0, 0.1) is 0 Å². The van der Waals surface area contributed by atoms with Crippen molar-refractivity contribution >= 4 is 27.5 Å². The smallest absolute Gasteiger partial charge is 0.251 e. The largest absolute Gasteiger partial charge is 0.468 e. The Bertz CT molecular complexity index is 968. The molecular weight excluding hydrogens is 394 g/mol. The number of hydrogen-bond donors (Lipinski definition) is 1. The van der Waals surface area contributed by atoms with Crippen LogP contribution in [0.4, 0.5) is 5.69 Å². The maximum absolute atomic E-state index is 12.7. The summed E-state index contributed by atoms with van der Waals surface area (Å²) in [5.41, 5.74) is 0.474. The standard InChI is InChI=1S/C20H25N3O5S/c1-3-22(4-2)17(18-9-6-11-28-18)14-21-20(25)15-7-5-8-16(13-15)23-19(24)10-12-29(23,26)27/h5-9,11,13,17H,3-4,10,12,14H2,1-2H3,(H,21,25). The van der Waals surface area contributed by atoms with Crippen LogP contribution in [0.15, 0.2) is 47.1 Å². The minimum Gasteiger partial charge on any atom is -0.468 e. The van der Waals surface area contributed by atoms with E-state index in [1.54, 1.807) is 18.4 Å². The number of likely N-dealkylation sites (N-methyl/N-ethyl adjacent to an activating group) is 1. The van der Waals surface area contributed by atoms with Gasteiger partial charge in [0.1, 0.15) is 5.76 Å². The average Bonchev–Trinajstić information content (AvgIpc) is 3.32. The third kappa shape index (κ3) is 4.51. The van der Waals surface area contributed by atoms with Crippen LogP contribution in [-0.2, 0) is 14.8 Å². The summed E-state index contributed by atoms with van der Waals surface area (Å²) in [6.07, 6.45) is 1.55. The molecule has 0 spiro atoms. The Morgan fingerprint density at radius 1 is 1.24 bits per heavy atom. The van der Waals surface area contributed by atoms with Gasteiger partial charge >= 0.3 is 0 Å². The molecule has 3 rings (SSSR count). The predicted octanol–water partition coefficient (Wildman–Crippen LogP) is 2.16. The summed E-state index contributed by atoms with van der Waals surface area (Å²) in [6.45, 7) is 6.00. The van der Waals surface area contributed by atoms with Crippen LogP contribution < -0.4 is 9.62 Å². The first kappa shape index (κ1) is 21.1. The number of carbonyl (C=O) groups is 2. The second kappa shape index (κ2) is 8.79. The van der Waals surface area contributed by atoms with E-state index in [-0.39, 0.29) is 35.4 Å². The van der Waals surface area contributed by atoms with E-state index in [0.29, 0.717) is 6.54 Å². The second-order valence-corrected chi connectivity index (χ2v) is 8.67. The average molecular weight is 420 g/mol. The zero-order valence-electron chi connectivity index (χ0n) is 16.5. The number of amides is 2. The number of anilines is 1. The molecule has 1 aromatic heterocycles. The van der Waals surface area contributed by atoms with Gasteiger partial charge in [0.2, 0.25) is 15.9 Å². The summed E-state index contributed by atoms with van der Waals surface area (Å²) >= 11 is 0. The van der Waals surface area contributed by atoms with Crippen LogP contribution in [0.5, 0.6) is 0 Å². The zero-order valence-corrected chi connectivity index (χ0v) is 17.3. The molecule has 1 N–H and O–H groups in total. The van der Waals surface area contributed by atoms with Crippen molar-refractivity contribution in [2.24, 2.45) is 0 Å². The highest BCUT2D eigenvalue weighted by molar-refractivity contribution is 7.94. The van der Waals surface area contributed by atoms with E-state index in [1.807, 2.05) is 26.0 Å². The SMILES string of the molecule is CCN(CC)C(CNC(=O)c1cccc(N2C(=O)CCS2(=O)=O)c1)c1ccco1. The van der Waals surface area contributed by atoms with Crippen molar-refractivity contribution in [3.8, 4) is 0 Å². The lowest BCUT2D eigenvalue weighted by atomic mass is 10.1. The normalized spacial score (nSPS) is 16.9. The molecule has 0 bridgehead atoms. The number of benzene rings is 1. The summed E-state index contributed by atoms with van der Waals surface area (Å²) in [7, 11) is -3.67. The Labute approximate surface area is 170 Å². The zero-order chi connectivity index (χ0) is 21.0. The minimum absolute atomic E-state index is 0.0482. The van der Waals surface area contributed by atoms with E-state index in [2.05, 4.69) is 10.2 Å². The number of nitrogens with one attached hydrogen (secondary N) is 1. The van der Waals surface area contributed by atoms with Crippen LogP contribution in [-0.4, -0.2) is 50.5 Å². The van der Waals surface area contributed by atoms with E-state index in [0.717, 1.165) is 23.2 Å². The van der Waals surface area contributed by atoms with Crippen LogP contribution in [0.25, 0.3) is 0 Å². The fourth-order valence-electron chi connectivity index (χ4n) is 3.49. The molecule has 0 saturated carbocycles. The van der Waals surface area contributed by atoms with Crippen molar-refractivity contribution in [2.75, 3.05) is 29.7 Å². The first-order valence-corrected chi connectivity index (χ1v) is 11.2. The molecule has 0 aliphatic carbocycles. The first-order valence-electron chi connectivity index (χ1n) is 9.59. The van der Waals surface area contributed by atoms with Crippen molar-refractivity contribution in [3.05, 3.63) is 54.0 Å². The lowest BCUT2D eigenvalue weighted by molar-refractivity contribution is -0.116. The monoisotopic (exact) mass is 419 g/mol. The molecule has 1 aromatic carbocycles. The van der Waals surface area contributed by atoms with Gasteiger partial charge in [0.25, 0.3) is 5.91 Å². The summed E-state index contributed by atoms with van der Waals surface area (Å²) in [5, 5.41) is 2.89. The molecule has 1 atom stereocenters. The van der Waals surface area contributed by atoms with Gasteiger partial charge in [-0.1, -0.05) is 19.9 Å². The van der Waals surface area contributed by atoms with E-state index in [1.165, 1.54) is 12.1 Å². The van der Waals surface area contributed by atoms with Crippen LogP contribution in [0.1, 0.15) is 42.4 Å². The molecule has 9 heteroatoms. The first-order chi connectivity index (χ1) is 13.9. The van der Waals surface area contributed by atoms with Crippen LogP contribution in [0.2, 0.25) is 0 Å². The second-order valence-electron chi connectivity index (χ2n) is 6.74. The fourth-order valence-corrected chi connectivity index (χ4v) is 4.94. The van der Waals surface area contributed by atoms with Crippen molar-refractivity contribution in [1.29, 1.82) is 0 Å². The van der Waals surface area contributed by atoms with Gasteiger partial charge in [-0.15, -0.1) is 0 Å². The van der Waals surface area contributed by atoms with Crippen molar-refractivity contribution in [2.45, 2.75) is 26.3 Å². The molecule has 1 fully saturated rings. The predicted molar refractivity (Wildman–Crippen MR) is 109 cm³/mol. The van der Waals surface area contributed by atoms with Gasteiger partial charge in [-0.3, -0.25) is 14.5 Å². The number of rotatable bonds is 8. The molecule has 29 heavy (non-hydrogen) atoms. The van der Waals surface area contributed by atoms with Gasteiger partial charge in [-0.25, -0.2) is 12.7 Å². The molecule has 156 valence electrons. The van der Waals surface area contributed by atoms with Crippen molar-refractivity contribution < 1.29 is 22.4 Å². The number of furan rings is 1. The number of nitrogens with zero attached hydrogens (tertiary/aromatic N) is 2. The van der Waals surface area contributed by atoms with E-state index >= 15 is 0 Å². The minimum atomic E-state index is -3.67. The van der Waals surface area contributed by atoms with E-state index in [4.69, 9.17) is 4.42 Å². The van der Waals surface area contributed by atoms with Gasteiger partial charge in [-0.05, 0) is 43.4 Å². The van der Waals surface area contributed by atoms with Gasteiger partial charge in [0.05, 0.1) is 23.7 Å². The highest BCUT2D eigenvalue weighted by Crippen LogP contribution is 2.26. The number of hydrogen-bond acceptors (Lipinski definition) is 6. The molecule has 1 aliphatic heterocycles. The molecule has 2 heterocycles. The third-order valence-corrected chi connectivity index (χ3v) is 6.69. The van der Waals surface area contributed by atoms with Gasteiger partial charge in [0, 0.05) is 18.5 Å².